The molecule has 2 aliphatic carbocycles. The van der Waals surface area contributed by atoms with Crippen molar-refractivity contribution < 1.29 is 9.53 Å². The first-order valence-electron chi connectivity index (χ1n) is 12.0. The minimum absolute atomic E-state index is 0.0712. The van der Waals surface area contributed by atoms with E-state index in [0.717, 1.165) is 25.8 Å². The molecule has 0 bridgehead atoms. The number of nitrogens with zero attached hydrogens (tertiary/aromatic N) is 1. The molecule has 2 fully saturated rings. The molecule has 2 saturated carbocycles. The van der Waals surface area contributed by atoms with E-state index in [2.05, 4.69) is 22.5 Å². The van der Waals surface area contributed by atoms with E-state index in [1.807, 2.05) is 0 Å². The van der Waals surface area contributed by atoms with E-state index >= 15 is 0 Å². The molecule has 8 heteroatoms. The molecule has 178 valence electrons. The lowest BCUT2D eigenvalue weighted by molar-refractivity contribution is -0.123. The van der Waals surface area contributed by atoms with Crippen molar-refractivity contribution in [2.75, 3.05) is 20.2 Å². The molecule has 0 aromatic carbocycles. The zero-order valence-corrected chi connectivity index (χ0v) is 19.7. The summed E-state index contributed by atoms with van der Waals surface area (Å²) >= 11 is 0. The monoisotopic (exact) mass is 436 g/mol. The van der Waals surface area contributed by atoms with Gasteiger partial charge in [-0.15, -0.1) is 0 Å². The van der Waals surface area contributed by atoms with Crippen LogP contribution in [0.25, 0.3) is 0 Å². The lowest BCUT2D eigenvalue weighted by Crippen LogP contribution is -2.49. The molecule has 0 saturated heterocycles. The summed E-state index contributed by atoms with van der Waals surface area (Å²) in [7, 11) is 1.71. The molecule has 31 heavy (non-hydrogen) atoms. The van der Waals surface area contributed by atoms with Crippen molar-refractivity contribution in [2.24, 2.45) is 34.2 Å². The van der Waals surface area contributed by atoms with Crippen molar-refractivity contribution in [3.8, 4) is 0 Å². The van der Waals surface area contributed by atoms with Crippen molar-refractivity contribution in [1.82, 2.24) is 10.6 Å². The molecule has 1 amide bonds. The molecule has 0 heterocycles. The highest BCUT2D eigenvalue weighted by atomic mass is 16.5. The first kappa shape index (κ1) is 25.7. The highest BCUT2D eigenvalue weighted by Crippen LogP contribution is 2.30. The Hall–Kier alpha value is -1.51. The van der Waals surface area contributed by atoms with Crippen LogP contribution in [0.2, 0.25) is 0 Å². The van der Waals surface area contributed by atoms with Gasteiger partial charge in [0.05, 0.1) is 18.8 Å². The summed E-state index contributed by atoms with van der Waals surface area (Å²) in [4.78, 5) is 17.3. The molecule has 8 nitrogen and oxygen atoms in total. The van der Waals surface area contributed by atoms with Crippen molar-refractivity contribution in [3.63, 3.8) is 0 Å². The van der Waals surface area contributed by atoms with Crippen LogP contribution in [0.5, 0.6) is 0 Å². The number of amidine groups is 1. The Kier molecular flexibility index (Phi) is 10.9. The van der Waals surface area contributed by atoms with E-state index in [9.17, 15) is 4.79 Å². The van der Waals surface area contributed by atoms with Crippen LogP contribution in [0.3, 0.4) is 0 Å². The van der Waals surface area contributed by atoms with Crippen molar-refractivity contribution in [2.45, 2.75) is 89.9 Å². The van der Waals surface area contributed by atoms with E-state index in [4.69, 9.17) is 21.6 Å². The number of hydrogen-bond donors (Lipinski definition) is 5. The van der Waals surface area contributed by atoms with Crippen molar-refractivity contribution in [3.05, 3.63) is 0 Å². The Morgan fingerprint density at radius 3 is 2.45 bits per heavy atom. The van der Waals surface area contributed by atoms with Gasteiger partial charge in [0, 0.05) is 31.8 Å². The standard InChI is InChI=1S/C23H44N6O2/c1-4-16(13-27-18-8-6-5-7-9-18)20(31-3)14-28-22(26)19(12-15(2)24)23(30)29-21(25)17-10-11-17/h16-21,24,27H,4-14,25H2,1-3H3,(H2,26,28)(H,29,30). The van der Waals surface area contributed by atoms with Gasteiger partial charge < -0.3 is 32.2 Å². The van der Waals surface area contributed by atoms with Crippen LogP contribution in [-0.2, 0) is 9.53 Å². The Morgan fingerprint density at radius 1 is 1.23 bits per heavy atom. The average molecular weight is 437 g/mol. The minimum atomic E-state index is -0.666. The number of methoxy groups -OCH3 is 1. The zero-order valence-electron chi connectivity index (χ0n) is 19.7. The highest BCUT2D eigenvalue weighted by Gasteiger charge is 2.32. The molecule has 0 aromatic rings. The van der Waals surface area contributed by atoms with Gasteiger partial charge in [-0.05, 0) is 50.9 Å². The number of aliphatic imine (C=N–C) groups is 1. The average Bonchev–Trinajstić information content (AvgIpc) is 3.60. The quantitative estimate of drug-likeness (QED) is 0.161. The van der Waals surface area contributed by atoms with E-state index in [1.54, 1.807) is 14.0 Å². The van der Waals surface area contributed by atoms with Crippen molar-refractivity contribution in [1.29, 1.82) is 5.41 Å². The van der Waals surface area contributed by atoms with Crippen LogP contribution >= 0.6 is 0 Å². The molecule has 0 aromatic heterocycles. The molecule has 0 spiro atoms. The predicted molar refractivity (Wildman–Crippen MR) is 126 cm³/mol. The van der Waals surface area contributed by atoms with Crippen LogP contribution in [0.15, 0.2) is 4.99 Å². The first-order valence-corrected chi connectivity index (χ1v) is 12.0. The van der Waals surface area contributed by atoms with Gasteiger partial charge in [0.2, 0.25) is 5.91 Å². The molecular formula is C23H44N6O2. The lowest BCUT2D eigenvalue weighted by atomic mass is 9.93. The molecule has 0 radical (unpaired) electrons. The summed E-state index contributed by atoms with van der Waals surface area (Å²) in [6.07, 6.45) is 9.36. The second-order valence-electron chi connectivity index (χ2n) is 9.36. The van der Waals surface area contributed by atoms with Gasteiger partial charge in [-0.3, -0.25) is 9.79 Å². The second-order valence-corrected chi connectivity index (χ2v) is 9.36. The third kappa shape index (κ3) is 8.86. The Bertz CT molecular complexity index is 601. The molecule has 0 aliphatic heterocycles. The molecule has 4 atom stereocenters. The van der Waals surface area contributed by atoms with Gasteiger partial charge in [0.15, 0.2) is 0 Å². The third-order valence-corrected chi connectivity index (χ3v) is 6.70. The summed E-state index contributed by atoms with van der Waals surface area (Å²) in [6.45, 7) is 5.15. The highest BCUT2D eigenvalue weighted by molar-refractivity contribution is 6.05. The van der Waals surface area contributed by atoms with Gasteiger partial charge >= 0.3 is 0 Å². The zero-order chi connectivity index (χ0) is 22.8. The third-order valence-electron chi connectivity index (χ3n) is 6.70. The van der Waals surface area contributed by atoms with Crippen LogP contribution in [0, 0.1) is 23.2 Å². The Balaban J connectivity index is 1.95. The van der Waals surface area contributed by atoms with Gasteiger partial charge in [0.25, 0.3) is 0 Å². The number of carbonyl (C=O) groups excluding carboxylic acids is 1. The lowest BCUT2D eigenvalue weighted by Gasteiger charge is -2.29. The van der Waals surface area contributed by atoms with Crippen LogP contribution < -0.4 is 22.1 Å². The van der Waals surface area contributed by atoms with E-state index in [1.165, 1.54) is 32.1 Å². The summed E-state index contributed by atoms with van der Waals surface area (Å²) in [5.74, 6) is 0.0175. The maximum Gasteiger partial charge on any atom is 0.232 e. The van der Waals surface area contributed by atoms with Crippen LogP contribution in [-0.4, -0.2) is 56.0 Å². The minimum Gasteiger partial charge on any atom is -0.387 e. The Morgan fingerprint density at radius 2 is 1.90 bits per heavy atom. The second kappa shape index (κ2) is 13.1. The molecule has 2 aliphatic rings. The van der Waals surface area contributed by atoms with Crippen molar-refractivity contribution >= 4 is 17.5 Å². The SMILES string of the molecule is CCC(CNC1CCCCC1)C(CN=C(N)C(CC(C)=N)C(=O)NC(N)C1CC1)OC. The molecule has 7 N–H and O–H groups in total. The first-order chi connectivity index (χ1) is 14.8. The Labute approximate surface area is 187 Å². The van der Waals surface area contributed by atoms with Crippen LogP contribution in [0.1, 0.15) is 71.6 Å². The molecule has 2 rings (SSSR count). The smallest absolute Gasteiger partial charge is 0.232 e. The van der Waals surface area contributed by atoms with Gasteiger partial charge in [-0.1, -0.05) is 26.2 Å². The summed E-state index contributed by atoms with van der Waals surface area (Å²) < 4.78 is 5.75. The fourth-order valence-corrected chi connectivity index (χ4v) is 4.36. The number of nitrogens with one attached hydrogen (secondary N) is 3. The molecule has 4 unspecified atom stereocenters. The summed E-state index contributed by atoms with van der Waals surface area (Å²) in [6, 6.07) is 0.605. The number of rotatable bonds is 14. The topological polar surface area (TPSA) is 139 Å². The fourth-order valence-electron chi connectivity index (χ4n) is 4.36. The number of carbonyl (C=O) groups is 1. The van der Waals surface area contributed by atoms with E-state index in [0.29, 0.717) is 30.1 Å². The maximum absolute atomic E-state index is 12.8. The largest absolute Gasteiger partial charge is 0.387 e. The number of ether oxygens (including phenoxy) is 1. The summed E-state index contributed by atoms with van der Waals surface area (Å²) in [5.41, 5.74) is 12.7. The summed E-state index contributed by atoms with van der Waals surface area (Å²) in [5, 5.41) is 14.4. The van der Waals surface area contributed by atoms with E-state index in [-0.39, 0.29) is 30.4 Å². The fraction of sp³-hybridized carbons (Fsp3) is 0.870. The molecular weight excluding hydrogens is 392 g/mol. The normalized spacial score (nSPS) is 21.9. The van der Waals surface area contributed by atoms with Gasteiger partial charge in [-0.25, -0.2) is 0 Å². The number of amides is 1. The number of nitrogens with two attached hydrogens (primary N) is 2. The van der Waals surface area contributed by atoms with Gasteiger partial charge in [0.1, 0.15) is 11.8 Å². The predicted octanol–water partition coefficient (Wildman–Crippen LogP) is 2.16. The van der Waals surface area contributed by atoms with E-state index < -0.39 is 5.92 Å². The van der Waals surface area contributed by atoms with Crippen LogP contribution in [0.4, 0.5) is 0 Å². The number of hydrogen-bond acceptors (Lipinski definition) is 6. The maximum atomic E-state index is 12.8. The van der Waals surface area contributed by atoms with Gasteiger partial charge in [-0.2, -0.15) is 0 Å².